The Hall–Kier alpha value is -1.52. The van der Waals surface area contributed by atoms with Crippen molar-refractivity contribution < 1.29 is 9.50 Å². The number of aliphatic hydroxyl groups excluding tert-OH is 1. The summed E-state index contributed by atoms with van der Waals surface area (Å²) in [5, 5.41) is 13.1. The summed E-state index contributed by atoms with van der Waals surface area (Å²) in [5.41, 5.74) is 1.52. The molecule has 1 atom stereocenters. The molecule has 0 aliphatic rings. The van der Waals surface area contributed by atoms with E-state index in [9.17, 15) is 9.50 Å². The van der Waals surface area contributed by atoms with Crippen LogP contribution in [0.25, 0.3) is 0 Å². The topological polar surface area (TPSA) is 32.3 Å². The SMILES string of the molecule is CSc1ccc(NCC(O)c2cccc(F)c2)cc1. The van der Waals surface area contributed by atoms with E-state index in [-0.39, 0.29) is 5.82 Å². The van der Waals surface area contributed by atoms with Gasteiger partial charge in [0.2, 0.25) is 0 Å². The van der Waals surface area contributed by atoms with Crippen LogP contribution >= 0.6 is 11.8 Å². The minimum Gasteiger partial charge on any atom is -0.387 e. The van der Waals surface area contributed by atoms with E-state index in [1.165, 1.54) is 17.0 Å². The van der Waals surface area contributed by atoms with Gasteiger partial charge in [-0.2, -0.15) is 0 Å². The molecule has 0 aromatic heterocycles. The first-order valence-electron chi connectivity index (χ1n) is 6.00. The highest BCUT2D eigenvalue weighted by molar-refractivity contribution is 7.98. The number of thioether (sulfide) groups is 1. The van der Waals surface area contributed by atoms with Gasteiger partial charge in [-0.1, -0.05) is 12.1 Å². The second kappa shape index (κ2) is 6.59. The summed E-state index contributed by atoms with van der Waals surface area (Å²) >= 11 is 1.68. The van der Waals surface area contributed by atoms with Crippen molar-refractivity contribution in [3.05, 3.63) is 59.9 Å². The normalized spacial score (nSPS) is 12.2. The molecule has 2 rings (SSSR count). The van der Waals surface area contributed by atoms with Crippen molar-refractivity contribution in [3.8, 4) is 0 Å². The van der Waals surface area contributed by atoms with E-state index in [1.54, 1.807) is 23.9 Å². The van der Waals surface area contributed by atoms with Gasteiger partial charge in [-0.05, 0) is 48.2 Å². The third kappa shape index (κ3) is 3.98. The Morgan fingerprint density at radius 3 is 2.58 bits per heavy atom. The molecule has 2 N–H and O–H groups in total. The zero-order valence-electron chi connectivity index (χ0n) is 10.6. The number of hydrogen-bond acceptors (Lipinski definition) is 3. The van der Waals surface area contributed by atoms with E-state index in [1.807, 2.05) is 30.5 Å². The van der Waals surface area contributed by atoms with E-state index >= 15 is 0 Å². The van der Waals surface area contributed by atoms with E-state index in [0.717, 1.165) is 5.69 Å². The lowest BCUT2D eigenvalue weighted by molar-refractivity contribution is 0.191. The molecule has 0 aliphatic carbocycles. The number of benzene rings is 2. The molecule has 0 radical (unpaired) electrons. The van der Waals surface area contributed by atoms with Gasteiger partial charge in [0, 0.05) is 17.1 Å². The molecule has 0 saturated carbocycles. The monoisotopic (exact) mass is 277 g/mol. The second-order valence-electron chi connectivity index (χ2n) is 4.18. The largest absolute Gasteiger partial charge is 0.387 e. The number of aliphatic hydroxyl groups is 1. The van der Waals surface area contributed by atoms with Gasteiger partial charge in [-0.15, -0.1) is 11.8 Å². The van der Waals surface area contributed by atoms with Crippen LogP contribution in [-0.2, 0) is 0 Å². The van der Waals surface area contributed by atoms with E-state index < -0.39 is 6.10 Å². The maximum absolute atomic E-state index is 13.0. The summed E-state index contributed by atoms with van der Waals surface area (Å²) < 4.78 is 13.0. The molecular weight excluding hydrogens is 261 g/mol. The van der Waals surface area contributed by atoms with Gasteiger partial charge in [0.25, 0.3) is 0 Å². The molecule has 4 heteroatoms. The van der Waals surface area contributed by atoms with Gasteiger partial charge in [-0.3, -0.25) is 0 Å². The molecule has 0 fully saturated rings. The van der Waals surface area contributed by atoms with Crippen LogP contribution < -0.4 is 5.32 Å². The fourth-order valence-corrected chi connectivity index (χ4v) is 2.16. The Morgan fingerprint density at radius 2 is 1.95 bits per heavy atom. The molecule has 19 heavy (non-hydrogen) atoms. The van der Waals surface area contributed by atoms with Gasteiger partial charge in [0.05, 0.1) is 6.10 Å². The van der Waals surface area contributed by atoms with Crippen LogP contribution in [0.4, 0.5) is 10.1 Å². The van der Waals surface area contributed by atoms with E-state index in [4.69, 9.17) is 0 Å². The molecular formula is C15H16FNOS. The van der Waals surface area contributed by atoms with Gasteiger partial charge in [0.15, 0.2) is 0 Å². The van der Waals surface area contributed by atoms with E-state index in [2.05, 4.69) is 5.32 Å². The highest BCUT2D eigenvalue weighted by atomic mass is 32.2. The Balaban J connectivity index is 1.94. The minimum absolute atomic E-state index is 0.333. The average molecular weight is 277 g/mol. The Bertz CT molecular complexity index is 530. The third-order valence-electron chi connectivity index (χ3n) is 2.82. The molecule has 0 heterocycles. The average Bonchev–Trinajstić information content (AvgIpc) is 2.45. The predicted octanol–water partition coefficient (Wildman–Crippen LogP) is 3.69. The summed E-state index contributed by atoms with van der Waals surface area (Å²) in [4.78, 5) is 1.19. The Labute approximate surface area is 116 Å². The lowest BCUT2D eigenvalue weighted by atomic mass is 10.1. The van der Waals surface area contributed by atoms with Gasteiger partial charge in [0.1, 0.15) is 5.82 Å². The molecule has 0 bridgehead atoms. The molecule has 1 unspecified atom stereocenters. The van der Waals surface area contributed by atoms with Gasteiger partial charge < -0.3 is 10.4 Å². The quantitative estimate of drug-likeness (QED) is 0.817. The van der Waals surface area contributed by atoms with Crippen molar-refractivity contribution in [1.82, 2.24) is 0 Å². The lowest BCUT2D eigenvalue weighted by Crippen LogP contribution is -2.12. The number of anilines is 1. The molecule has 0 spiro atoms. The Morgan fingerprint density at radius 1 is 1.21 bits per heavy atom. The van der Waals surface area contributed by atoms with Crippen LogP contribution in [0.3, 0.4) is 0 Å². The van der Waals surface area contributed by atoms with Gasteiger partial charge in [-0.25, -0.2) is 4.39 Å². The fourth-order valence-electron chi connectivity index (χ4n) is 1.76. The summed E-state index contributed by atoms with van der Waals surface area (Å²) in [7, 11) is 0. The number of nitrogens with one attached hydrogen (secondary N) is 1. The lowest BCUT2D eigenvalue weighted by Gasteiger charge is -2.13. The second-order valence-corrected chi connectivity index (χ2v) is 5.06. The van der Waals surface area contributed by atoms with Crippen LogP contribution in [0, 0.1) is 5.82 Å². The van der Waals surface area contributed by atoms with Crippen molar-refractivity contribution in [2.24, 2.45) is 0 Å². The minimum atomic E-state index is -0.726. The number of hydrogen-bond donors (Lipinski definition) is 2. The molecule has 2 aromatic rings. The van der Waals surface area contributed by atoms with Crippen molar-refractivity contribution in [1.29, 1.82) is 0 Å². The summed E-state index contributed by atoms with van der Waals surface area (Å²) in [5.74, 6) is -0.333. The Kier molecular flexibility index (Phi) is 4.82. The zero-order valence-corrected chi connectivity index (χ0v) is 11.5. The molecule has 0 amide bonds. The first-order valence-corrected chi connectivity index (χ1v) is 7.23. The summed E-state index contributed by atoms with van der Waals surface area (Å²) in [6.07, 6.45) is 1.30. The first kappa shape index (κ1) is 13.9. The maximum atomic E-state index is 13.0. The standard InChI is InChI=1S/C15H16FNOS/c1-19-14-7-5-13(6-8-14)17-10-15(18)11-3-2-4-12(16)9-11/h2-9,15,17-18H,10H2,1H3. The zero-order chi connectivity index (χ0) is 13.7. The van der Waals surface area contributed by atoms with Crippen molar-refractivity contribution in [2.75, 3.05) is 18.1 Å². The summed E-state index contributed by atoms with van der Waals surface area (Å²) in [6.45, 7) is 0.349. The highest BCUT2D eigenvalue weighted by Crippen LogP contribution is 2.19. The smallest absolute Gasteiger partial charge is 0.123 e. The predicted molar refractivity (Wildman–Crippen MR) is 78.1 cm³/mol. The first-order chi connectivity index (χ1) is 9.19. The number of rotatable bonds is 5. The van der Waals surface area contributed by atoms with Crippen molar-refractivity contribution in [2.45, 2.75) is 11.0 Å². The molecule has 0 aliphatic heterocycles. The number of halogens is 1. The van der Waals surface area contributed by atoms with Crippen LogP contribution in [0.1, 0.15) is 11.7 Å². The highest BCUT2D eigenvalue weighted by Gasteiger charge is 2.07. The third-order valence-corrected chi connectivity index (χ3v) is 3.57. The molecule has 100 valence electrons. The maximum Gasteiger partial charge on any atom is 0.123 e. The molecule has 0 saturated heterocycles. The van der Waals surface area contributed by atoms with Gasteiger partial charge >= 0.3 is 0 Å². The van der Waals surface area contributed by atoms with E-state index in [0.29, 0.717) is 12.1 Å². The van der Waals surface area contributed by atoms with Crippen LogP contribution in [0.2, 0.25) is 0 Å². The fraction of sp³-hybridized carbons (Fsp3) is 0.200. The van der Waals surface area contributed by atoms with Crippen LogP contribution in [-0.4, -0.2) is 17.9 Å². The molecule has 2 aromatic carbocycles. The van der Waals surface area contributed by atoms with Crippen LogP contribution in [0.5, 0.6) is 0 Å². The van der Waals surface area contributed by atoms with Crippen molar-refractivity contribution >= 4 is 17.4 Å². The summed E-state index contributed by atoms with van der Waals surface area (Å²) in [6, 6.07) is 14.0. The molecule has 2 nitrogen and oxygen atoms in total. The van der Waals surface area contributed by atoms with Crippen molar-refractivity contribution in [3.63, 3.8) is 0 Å². The van der Waals surface area contributed by atoms with Crippen LogP contribution in [0.15, 0.2) is 53.4 Å².